The lowest BCUT2D eigenvalue weighted by atomic mass is 9.69. The molecule has 3 amide bonds. The van der Waals surface area contributed by atoms with Crippen LogP contribution in [0.15, 0.2) is 0 Å². The van der Waals surface area contributed by atoms with Crippen molar-refractivity contribution in [1.82, 2.24) is 16.0 Å². The molecule has 0 saturated carbocycles. The highest BCUT2D eigenvalue weighted by molar-refractivity contribution is 5.89. The van der Waals surface area contributed by atoms with Crippen molar-refractivity contribution in [1.29, 1.82) is 0 Å². The summed E-state index contributed by atoms with van der Waals surface area (Å²) in [5.41, 5.74) is -0.625. The van der Waals surface area contributed by atoms with Gasteiger partial charge in [0.25, 0.3) is 0 Å². The van der Waals surface area contributed by atoms with Gasteiger partial charge in [-0.15, -0.1) is 0 Å². The fraction of sp³-hybridized carbons (Fsp3) is 0.939. The monoisotopic (exact) mass is 776 g/mol. The molecule has 0 aromatic carbocycles. The minimum Gasteiger partial charge on any atom is -0.353 e. The van der Waals surface area contributed by atoms with E-state index >= 15 is 0 Å². The number of rotatable bonds is 40. The number of amides is 3. The second-order valence-corrected chi connectivity index (χ2v) is 18.9. The summed E-state index contributed by atoms with van der Waals surface area (Å²) in [7, 11) is 0. The molecular formula is C49H97N3O3. The molecule has 1 atom stereocenters. The Morgan fingerprint density at radius 1 is 0.455 bits per heavy atom. The highest BCUT2D eigenvalue weighted by Gasteiger charge is 2.39. The molecule has 1 unspecified atom stereocenters. The van der Waals surface area contributed by atoms with Gasteiger partial charge in [-0.1, -0.05) is 221 Å². The van der Waals surface area contributed by atoms with Crippen molar-refractivity contribution in [3.63, 3.8) is 0 Å². The Balaban J connectivity index is 4.51. The molecule has 0 heterocycles. The molecule has 0 spiro atoms. The van der Waals surface area contributed by atoms with E-state index in [1.54, 1.807) is 0 Å². The topological polar surface area (TPSA) is 87.3 Å². The first-order valence-electron chi connectivity index (χ1n) is 24.2. The predicted molar refractivity (Wildman–Crippen MR) is 239 cm³/mol. The van der Waals surface area contributed by atoms with Crippen molar-refractivity contribution in [2.45, 2.75) is 279 Å². The SMILES string of the molecule is CCCCCCCCCCCCCCCCCC(=O)NCC(NC(=O)CCCCCCCCCCCCCCCCC)C(=O)NC(C)(C)C(C)(C)CC(C)C. The second-order valence-electron chi connectivity index (χ2n) is 18.9. The van der Waals surface area contributed by atoms with Crippen LogP contribution in [0.3, 0.4) is 0 Å². The molecule has 0 bridgehead atoms. The number of carbonyl (C=O) groups excluding carboxylic acids is 3. The van der Waals surface area contributed by atoms with Gasteiger partial charge in [-0.05, 0) is 44.4 Å². The van der Waals surface area contributed by atoms with E-state index in [-0.39, 0.29) is 29.7 Å². The van der Waals surface area contributed by atoms with E-state index in [4.69, 9.17) is 0 Å². The van der Waals surface area contributed by atoms with E-state index in [0.717, 1.165) is 38.5 Å². The van der Waals surface area contributed by atoms with Crippen LogP contribution in [0.1, 0.15) is 267 Å². The maximum absolute atomic E-state index is 13.7. The lowest BCUT2D eigenvalue weighted by Crippen LogP contribution is -2.61. The second kappa shape index (κ2) is 35.6. The highest BCUT2D eigenvalue weighted by atomic mass is 16.2. The van der Waals surface area contributed by atoms with Crippen molar-refractivity contribution < 1.29 is 14.4 Å². The molecule has 0 aliphatic rings. The molecular weight excluding hydrogens is 679 g/mol. The molecule has 0 aliphatic heterocycles. The van der Waals surface area contributed by atoms with Crippen LogP contribution in [-0.2, 0) is 14.4 Å². The standard InChI is InChI=1S/C49H97N3O3/c1-9-11-13-15-17-19-21-23-25-27-29-31-33-35-37-39-45(53)50-42-44(47(55)52-49(7,8)48(5,6)41-43(3)4)51-46(54)40-38-36-34-32-30-28-26-24-22-20-18-16-14-12-10-2/h43-44H,9-42H2,1-8H3,(H,50,53)(H,51,54)(H,52,55). The van der Waals surface area contributed by atoms with Crippen molar-refractivity contribution in [2.24, 2.45) is 11.3 Å². The fourth-order valence-corrected chi connectivity index (χ4v) is 7.93. The van der Waals surface area contributed by atoms with Crippen molar-refractivity contribution in [2.75, 3.05) is 6.54 Å². The molecule has 0 rings (SSSR count). The smallest absolute Gasteiger partial charge is 0.244 e. The molecule has 0 saturated heterocycles. The Kier molecular flexibility index (Phi) is 34.5. The summed E-state index contributed by atoms with van der Waals surface area (Å²) in [6.07, 6.45) is 40.6. The van der Waals surface area contributed by atoms with E-state index in [0.29, 0.717) is 18.8 Å². The van der Waals surface area contributed by atoms with E-state index in [1.807, 2.05) is 0 Å². The van der Waals surface area contributed by atoms with Gasteiger partial charge in [0.15, 0.2) is 0 Å². The third kappa shape index (κ3) is 32.1. The molecule has 55 heavy (non-hydrogen) atoms. The number of hydrogen-bond acceptors (Lipinski definition) is 3. The Morgan fingerprint density at radius 3 is 1.09 bits per heavy atom. The third-order valence-corrected chi connectivity index (χ3v) is 12.2. The van der Waals surface area contributed by atoms with Crippen LogP contribution in [0.2, 0.25) is 0 Å². The van der Waals surface area contributed by atoms with Crippen LogP contribution in [0.4, 0.5) is 0 Å². The zero-order valence-corrected chi connectivity index (χ0v) is 38.4. The first-order valence-corrected chi connectivity index (χ1v) is 24.2. The minimum atomic E-state index is -0.789. The first-order chi connectivity index (χ1) is 26.4. The van der Waals surface area contributed by atoms with Crippen LogP contribution < -0.4 is 16.0 Å². The van der Waals surface area contributed by atoms with Crippen molar-refractivity contribution in [3.8, 4) is 0 Å². The van der Waals surface area contributed by atoms with Gasteiger partial charge in [0, 0.05) is 24.9 Å². The number of unbranched alkanes of at least 4 members (excludes halogenated alkanes) is 28. The molecule has 0 aromatic heterocycles. The van der Waals surface area contributed by atoms with Gasteiger partial charge in [0.2, 0.25) is 17.7 Å². The van der Waals surface area contributed by atoms with Crippen LogP contribution >= 0.6 is 0 Å². The lowest BCUT2D eigenvalue weighted by molar-refractivity contribution is -0.131. The summed E-state index contributed by atoms with van der Waals surface area (Å²) in [4.78, 5) is 39.6. The van der Waals surface area contributed by atoms with E-state index in [9.17, 15) is 14.4 Å². The molecule has 3 N–H and O–H groups in total. The average Bonchev–Trinajstić information content (AvgIpc) is 3.12. The van der Waals surface area contributed by atoms with Gasteiger partial charge < -0.3 is 16.0 Å². The summed E-state index contributed by atoms with van der Waals surface area (Å²) in [6, 6.07) is -0.789. The molecule has 0 fully saturated rings. The Bertz CT molecular complexity index is 915. The highest BCUT2D eigenvalue weighted by Crippen LogP contribution is 2.36. The number of hydrogen-bond donors (Lipinski definition) is 3. The van der Waals surface area contributed by atoms with Crippen LogP contribution in [0.25, 0.3) is 0 Å². The predicted octanol–water partition coefficient (Wildman–Crippen LogP) is 14.1. The Morgan fingerprint density at radius 2 is 0.764 bits per heavy atom. The number of nitrogens with one attached hydrogen (secondary N) is 3. The Labute approximate surface area is 343 Å². The zero-order valence-electron chi connectivity index (χ0n) is 38.4. The van der Waals surface area contributed by atoms with E-state index in [2.05, 4.69) is 71.3 Å². The first kappa shape index (κ1) is 53.4. The number of carbonyl (C=O) groups is 3. The van der Waals surface area contributed by atoms with Gasteiger partial charge in [-0.2, -0.15) is 0 Å². The molecule has 6 heteroatoms. The van der Waals surface area contributed by atoms with Gasteiger partial charge in [0.05, 0.1) is 0 Å². The minimum absolute atomic E-state index is 0.0384. The molecule has 0 aliphatic carbocycles. The van der Waals surface area contributed by atoms with E-state index in [1.165, 1.54) is 161 Å². The summed E-state index contributed by atoms with van der Waals surface area (Å²) < 4.78 is 0. The summed E-state index contributed by atoms with van der Waals surface area (Å²) in [5.74, 6) is 0.129. The van der Waals surface area contributed by atoms with E-state index < -0.39 is 11.6 Å². The molecule has 0 aromatic rings. The van der Waals surface area contributed by atoms with Crippen molar-refractivity contribution in [3.05, 3.63) is 0 Å². The fourth-order valence-electron chi connectivity index (χ4n) is 7.93. The molecule has 0 radical (unpaired) electrons. The average molecular weight is 776 g/mol. The summed E-state index contributed by atoms with van der Waals surface area (Å²) >= 11 is 0. The van der Waals surface area contributed by atoms with Crippen LogP contribution in [0, 0.1) is 11.3 Å². The Hall–Kier alpha value is -1.59. The molecule has 326 valence electrons. The maximum atomic E-state index is 13.7. The van der Waals surface area contributed by atoms with Crippen LogP contribution in [-0.4, -0.2) is 35.8 Å². The van der Waals surface area contributed by atoms with Gasteiger partial charge in [-0.25, -0.2) is 0 Å². The maximum Gasteiger partial charge on any atom is 0.244 e. The third-order valence-electron chi connectivity index (χ3n) is 12.2. The molecule has 6 nitrogen and oxygen atoms in total. The van der Waals surface area contributed by atoms with Gasteiger partial charge in [-0.3, -0.25) is 14.4 Å². The quantitative estimate of drug-likeness (QED) is 0.0542. The lowest BCUT2D eigenvalue weighted by Gasteiger charge is -2.44. The zero-order chi connectivity index (χ0) is 41.0. The largest absolute Gasteiger partial charge is 0.353 e. The van der Waals surface area contributed by atoms with Gasteiger partial charge >= 0.3 is 0 Å². The van der Waals surface area contributed by atoms with Gasteiger partial charge in [0.1, 0.15) is 6.04 Å². The van der Waals surface area contributed by atoms with Crippen molar-refractivity contribution >= 4 is 17.7 Å². The summed E-state index contributed by atoms with van der Waals surface area (Å²) in [6.45, 7) is 17.6. The van der Waals surface area contributed by atoms with Crippen LogP contribution in [0.5, 0.6) is 0 Å². The normalized spacial score (nSPS) is 12.6. The summed E-state index contributed by atoms with van der Waals surface area (Å²) in [5, 5.41) is 9.22.